The molecule has 0 aromatic heterocycles. The van der Waals surface area contributed by atoms with Gasteiger partial charge in [-0.15, -0.1) is 0 Å². The average Bonchev–Trinajstić information content (AvgIpc) is 2.80. The van der Waals surface area contributed by atoms with Crippen LogP contribution in [0.1, 0.15) is 65.6 Å². The number of aldehydes is 1. The highest BCUT2D eigenvalue weighted by molar-refractivity contribution is 5.88. The second-order valence-electron chi connectivity index (χ2n) is 9.77. The van der Waals surface area contributed by atoms with Gasteiger partial charge in [-0.3, -0.25) is 4.79 Å². The Morgan fingerprint density at radius 2 is 1.84 bits per heavy atom. The van der Waals surface area contributed by atoms with Crippen LogP contribution >= 0.6 is 0 Å². The van der Waals surface area contributed by atoms with Gasteiger partial charge in [-0.2, -0.15) is 8.78 Å². The lowest BCUT2D eigenvalue weighted by Gasteiger charge is -2.55. The van der Waals surface area contributed by atoms with Crippen LogP contribution in [0.2, 0.25) is 0 Å². The number of carbonyl (C=O) groups is 3. The molecule has 0 spiro atoms. The van der Waals surface area contributed by atoms with Crippen LogP contribution in [0.15, 0.2) is 54.6 Å². The molecule has 0 heterocycles. The lowest BCUT2D eigenvalue weighted by molar-refractivity contribution is -0.159. The summed E-state index contributed by atoms with van der Waals surface area (Å²) in [5, 5.41) is 0. The zero-order chi connectivity index (χ0) is 28.2. The van der Waals surface area contributed by atoms with Gasteiger partial charge in [0.1, 0.15) is 24.6 Å². The predicted molar refractivity (Wildman–Crippen MR) is 148 cm³/mol. The van der Waals surface area contributed by atoms with Crippen molar-refractivity contribution in [1.29, 1.82) is 0 Å². The van der Waals surface area contributed by atoms with Crippen LogP contribution in [-0.4, -0.2) is 25.0 Å². The van der Waals surface area contributed by atoms with Gasteiger partial charge in [0.25, 0.3) is 0 Å². The van der Waals surface area contributed by atoms with E-state index >= 15 is 0 Å². The number of ether oxygens (including phenoxy) is 1. The van der Waals surface area contributed by atoms with E-state index in [-0.39, 0.29) is 14.0 Å². The van der Waals surface area contributed by atoms with Gasteiger partial charge >= 0.3 is 6.11 Å². The molecule has 206 valence electrons. The molecule has 0 radical (unpaired) electrons. The van der Waals surface area contributed by atoms with Crippen LogP contribution in [0, 0.1) is 31.1 Å². The number of halogens is 2. The number of rotatable bonds is 7. The summed E-state index contributed by atoms with van der Waals surface area (Å²) >= 11 is 0. The number of carbonyl (C=O) groups excluding carboxylic acids is 3. The molecule has 2 aromatic carbocycles. The summed E-state index contributed by atoms with van der Waals surface area (Å²) in [6, 6.07) is 13.1. The molecule has 0 aliphatic heterocycles. The molecule has 3 unspecified atom stereocenters. The van der Waals surface area contributed by atoms with E-state index in [0.717, 1.165) is 38.0 Å². The molecule has 4 rings (SSSR count). The van der Waals surface area contributed by atoms with Crippen LogP contribution in [-0.2, 0) is 27.2 Å². The molecule has 0 N–H and O–H groups in total. The molecule has 3 atom stereocenters. The van der Waals surface area contributed by atoms with E-state index in [9.17, 15) is 13.6 Å². The molecular weight excluding hydrogens is 474 g/mol. The minimum Gasteiger partial charge on any atom is -0.433 e. The van der Waals surface area contributed by atoms with Crippen LogP contribution < -0.4 is 4.74 Å². The SMILES string of the molecule is C=O.CC=O.CCCc1cc(CC(=O)C2(C)CC3C=CC32)ccc1C.Cc1cccc(OC(C)(F)F)c1.[HH].[HH]. The van der Waals surface area contributed by atoms with Crippen molar-refractivity contribution >= 4 is 18.9 Å². The molecule has 1 saturated carbocycles. The summed E-state index contributed by atoms with van der Waals surface area (Å²) < 4.78 is 29.0. The summed E-state index contributed by atoms with van der Waals surface area (Å²) in [7, 11) is 0. The topological polar surface area (TPSA) is 60.4 Å². The number of fused-ring (bicyclic) bond motifs is 1. The fourth-order valence-electron chi connectivity index (χ4n) is 4.67. The van der Waals surface area contributed by atoms with Crippen LogP contribution in [0.3, 0.4) is 0 Å². The Kier molecular flexibility index (Phi) is 12.5. The first-order chi connectivity index (χ1) is 17.4. The Hall–Kier alpha value is -3.15. The Labute approximate surface area is 223 Å². The number of allylic oxidation sites excluding steroid dienone is 2. The molecule has 0 amide bonds. The summed E-state index contributed by atoms with van der Waals surface area (Å²) in [6.45, 7) is 12.5. The zero-order valence-electron chi connectivity index (χ0n) is 22.9. The van der Waals surface area contributed by atoms with Crippen molar-refractivity contribution in [1.82, 2.24) is 0 Å². The maximum atomic E-state index is 12.6. The smallest absolute Gasteiger partial charge is 0.394 e. The number of aryl methyl sites for hydroxylation is 3. The molecule has 2 aliphatic carbocycles. The molecule has 2 aliphatic rings. The van der Waals surface area contributed by atoms with Gasteiger partial charge < -0.3 is 14.3 Å². The Bertz CT molecular complexity index is 1070. The molecule has 1 fully saturated rings. The third-order valence-electron chi connectivity index (χ3n) is 6.64. The molecule has 37 heavy (non-hydrogen) atoms. The van der Waals surface area contributed by atoms with Crippen molar-refractivity contribution < 1.29 is 30.8 Å². The number of hydrogen-bond acceptors (Lipinski definition) is 4. The van der Waals surface area contributed by atoms with Crippen molar-refractivity contribution in [2.75, 3.05) is 0 Å². The standard InChI is InChI=1S/C19H24O.C9H10F2O.C2H4O.CH2O.2H2/c1-4-5-15-10-14(7-6-13(15)2)11-18(20)19(3)12-16-8-9-17(16)19;1-7-4-3-5-8(6-7)12-9(2,10)11;1-2-3;1-2;;/h6-10,16-17H,4-5,11-12H2,1-3H3;3-6H,1-2H3;2H,1H3;1H2;2*1H. The first-order valence-electron chi connectivity index (χ1n) is 12.6. The highest BCUT2D eigenvalue weighted by Gasteiger charge is 2.55. The second-order valence-corrected chi connectivity index (χ2v) is 9.77. The van der Waals surface area contributed by atoms with Gasteiger partial charge in [-0.05, 0) is 79.8 Å². The van der Waals surface area contributed by atoms with Gasteiger partial charge in [0.05, 0.1) is 0 Å². The summed E-state index contributed by atoms with van der Waals surface area (Å²) in [5.41, 5.74) is 4.75. The maximum absolute atomic E-state index is 12.6. The van der Waals surface area contributed by atoms with Gasteiger partial charge in [-0.1, -0.05) is 62.8 Å². The first kappa shape index (κ1) is 31.9. The zero-order valence-corrected chi connectivity index (χ0v) is 22.9. The van der Waals surface area contributed by atoms with E-state index in [4.69, 9.17) is 9.59 Å². The molecule has 6 heteroatoms. The molecule has 2 aromatic rings. The van der Waals surface area contributed by atoms with Gasteiger partial charge in [0.2, 0.25) is 0 Å². The largest absolute Gasteiger partial charge is 0.433 e. The van der Waals surface area contributed by atoms with Crippen LogP contribution in [0.25, 0.3) is 0 Å². The maximum Gasteiger partial charge on any atom is 0.394 e. The number of benzene rings is 2. The van der Waals surface area contributed by atoms with Crippen molar-refractivity contribution in [3.05, 3.63) is 76.9 Å². The van der Waals surface area contributed by atoms with E-state index in [1.165, 1.54) is 29.7 Å². The fraction of sp³-hybridized carbons (Fsp3) is 0.452. The van der Waals surface area contributed by atoms with Crippen molar-refractivity contribution in [3.63, 3.8) is 0 Å². The van der Waals surface area contributed by atoms with Gasteiger partial charge in [0.15, 0.2) is 0 Å². The quantitative estimate of drug-likeness (QED) is 0.277. The van der Waals surface area contributed by atoms with E-state index in [1.54, 1.807) is 12.1 Å². The lowest BCUT2D eigenvalue weighted by Crippen LogP contribution is -2.53. The van der Waals surface area contributed by atoms with Gasteiger partial charge in [-0.25, -0.2) is 0 Å². The monoisotopic (exact) mass is 518 g/mol. The molecule has 4 nitrogen and oxygen atoms in total. The third-order valence-corrected chi connectivity index (χ3v) is 6.64. The molecule has 0 bridgehead atoms. The second kappa shape index (κ2) is 14.6. The van der Waals surface area contributed by atoms with Crippen LogP contribution in [0.5, 0.6) is 5.75 Å². The van der Waals surface area contributed by atoms with Crippen molar-refractivity contribution in [2.45, 2.75) is 73.3 Å². The normalized spacial score (nSPS) is 20.5. The summed E-state index contributed by atoms with van der Waals surface area (Å²) in [5.74, 6) is 1.84. The van der Waals surface area contributed by atoms with E-state index in [0.29, 0.717) is 24.0 Å². The predicted octanol–water partition coefficient (Wildman–Crippen LogP) is 7.77. The molecule has 0 saturated heterocycles. The summed E-state index contributed by atoms with van der Waals surface area (Å²) in [6.07, 6.45) is 6.05. The van der Waals surface area contributed by atoms with Gasteiger partial charge in [0, 0.05) is 21.6 Å². The van der Waals surface area contributed by atoms with Crippen LogP contribution in [0.4, 0.5) is 8.78 Å². The third kappa shape index (κ3) is 9.34. The fourth-order valence-corrected chi connectivity index (χ4v) is 4.67. The minimum absolute atomic E-state index is 0. The first-order valence-corrected chi connectivity index (χ1v) is 12.6. The number of alkyl halides is 2. The lowest BCUT2D eigenvalue weighted by atomic mass is 9.48. The highest BCUT2D eigenvalue weighted by Crippen LogP contribution is 2.58. The minimum atomic E-state index is -3.10. The average molecular weight is 519 g/mol. The number of ketones is 1. The van der Waals surface area contributed by atoms with Crippen molar-refractivity contribution in [3.8, 4) is 5.75 Å². The number of hydrogen-bond donors (Lipinski definition) is 0. The summed E-state index contributed by atoms with van der Waals surface area (Å²) in [4.78, 5) is 29.4. The van der Waals surface area contributed by atoms with E-state index in [1.807, 2.05) is 19.8 Å². The molecular formula is C31H44F2O4. The van der Waals surface area contributed by atoms with Crippen molar-refractivity contribution in [2.24, 2.45) is 17.3 Å². The van der Waals surface area contributed by atoms with E-state index < -0.39 is 6.11 Å². The van der Waals surface area contributed by atoms with E-state index in [2.05, 4.69) is 55.9 Å². The Morgan fingerprint density at radius 1 is 1.19 bits per heavy atom. The Balaban J connectivity index is 0. The Morgan fingerprint density at radius 3 is 2.30 bits per heavy atom. The number of Topliss-reactive ketones (excluding diaryl/α,β-unsaturated/α-hetero) is 1. The highest BCUT2D eigenvalue weighted by atomic mass is 19.3.